The van der Waals surface area contributed by atoms with Crippen LogP contribution >= 0.6 is 0 Å². The Kier molecular flexibility index (Phi) is 6.81. The van der Waals surface area contributed by atoms with Gasteiger partial charge in [0.1, 0.15) is 11.3 Å². The van der Waals surface area contributed by atoms with Gasteiger partial charge in [-0.3, -0.25) is 9.69 Å². The van der Waals surface area contributed by atoms with Crippen molar-refractivity contribution in [1.29, 1.82) is 0 Å². The van der Waals surface area contributed by atoms with Gasteiger partial charge >= 0.3 is 0 Å². The van der Waals surface area contributed by atoms with Crippen molar-refractivity contribution in [2.24, 2.45) is 0 Å². The van der Waals surface area contributed by atoms with Gasteiger partial charge in [0.15, 0.2) is 5.82 Å². The largest absolute Gasteiger partial charge is 0.494 e. The zero-order valence-electron chi connectivity index (χ0n) is 17.7. The fourth-order valence-corrected chi connectivity index (χ4v) is 3.78. The molecule has 0 radical (unpaired) electrons. The number of aromatic nitrogens is 4. The van der Waals surface area contributed by atoms with E-state index >= 15 is 0 Å². The van der Waals surface area contributed by atoms with E-state index in [0.717, 1.165) is 23.6 Å². The van der Waals surface area contributed by atoms with E-state index in [4.69, 9.17) is 9.47 Å². The summed E-state index contributed by atoms with van der Waals surface area (Å²) < 4.78 is 12.4. The fraction of sp³-hybridized carbons (Fsp3) is 0.600. The molecular weight excluding hydrogens is 372 g/mol. The van der Waals surface area contributed by atoms with Gasteiger partial charge in [0, 0.05) is 20.2 Å². The average molecular weight is 402 g/mol. The highest BCUT2D eigenvalue weighted by Crippen LogP contribution is 2.35. The number of hydrogen-bond donors (Lipinski definition) is 0. The van der Waals surface area contributed by atoms with Crippen LogP contribution in [0.3, 0.4) is 0 Å². The second-order valence-corrected chi connectivity index (χ2v) is 7.46. The molecule has 2 heterocycles. The van der Waals surface area contributed by atoms with E-state index < -0.39 is 5.54 Å². The van der Waals surface area contributed by atoms with Gasteiger partial charge in [0.25, 0.3) is 0 Å². The predicted molar refractivity (Wildman–Crippen MR) is 108 cm³/mol. The molecule has 0 spiro atoms. The van der Waals surface area contributed by atoms with E-state index in [1.54, 1.807) is 11.8 Å². The number of rotatable bonds is 9. The lowest BCUT2D eigenvalue weighted by atomic mass is 9.96. The Morgan fingerprint density at radius 1 is 1.28 bits per heavy atom. The highest BCUT2D eigenvalue weighted by atomic mass is 16.5. The summed E-state index contributed by atoms with van der Waals surface area (Å²) in [6.45, 7) is 4.92. The third kappa shape index (κ3) is 4.56. The first-order valence-electron chi connectivity index (χ1n) is 9.92. The molecule has 1 atom stereocenters. The Hall–Kier alpha value is -2.52. The molecule has 0 bridgehead atoms. The monoisotopic (exact) mass is 402 g/mol. The maximum Gasteiger partial charge on any atom is 0.227 e. The second kappa shape index (κ2) is 9.32. The van der Waals surface area contributed by atoms with Crippen LogP contribution in [0.5, 0.6) is 5.75 Å². The number of likely N-dealkylation sites (tertiary alicyclic amines) is 1. The SMILES string of the molecule is CCOc1ccc(CC(=O)N2CCC(c3nnnn3CCOC)(N(C)C)C2)cc1. The number of likely N-dealkylation sites (N-methyl/N-ethyl adjacent to an activating group) is 1. The van der Waals surface area contributed by atoms with E-state index in [1.165, 1.54) is 0 Å². The van der Waals surface area contributed by atoms with Crippen molar-refractivity contribution in [2.45, 2.75) is 31.8 Å². The molecular formula is C20H30N6O3. The van der Waals surface area contributed by atoms with Gasteiger partial charge in [0.2, 0.25) is 5.91 Å². The molecule has 1 saturated heterocycles. The molecule has 9 heteroatoms. The molecule has 1 aliphatic heterocycles. The molecule has 0 saturated carbocycles. The highest BCUT2D eigenvalue weighted by molar-refractivity contribution is 5.79. The van der Waals surface area contributed by atoms with E-state index in [2.05, 4.69) is 20.4 Å². The summed E-state index contributed by atoms with van der Waals surface area (Å²) in [5.74, 6) is 1.70. The molecule has 1 unspecified atom stereocenters. The van der Waals surface area contributed by atoms with Gasteiger partial charge in [-0.05, 0) is 55.6 Å². The first-order chi connectivity index (χ1) is 14.0. The summed E-state index contributed by atoms with van der Waals surface area (Å²) in [7, 11) is 5.67. The van der Waals surface area contributed by atoms with Crippen LogP contribution in [0, 0.1) is 0 Å². The summed E-state index contributed by atoms with van der Waals surface area (Å²) in [5, 5.41) is 12.3. The topological polar surface area (TPSA) is 85.6 Å². The Morgan fingerprint density at radius 2 is 2.03 bits per heavy atom. The molecule has 2 aromatic rings. The van der Waals surface area contributed by atoms with Gasteiger partial charge in [0.05, 0.1) is 26.2 Å². The summed E-state index contributed by atoms with van der Waals surface area (Å²) >= 11 is 0. The number of carbonyl (C=O) groups excluding carboxylic acids is 1. The standard InChI is InChI=1S/C20H30N6O3/c1-5-29-17-8-6-16(7-9-17)14-18(27)25-11-10-20(15-25,24(2)3)19-21-22-23-26(19)12-13-28-4/h6-9H,5,10-15H2,1-4H3. The lowest BCUT2D eigenvalue weighted by Gasteiger charge is -2.34. The third-order valence-corrected chi connectivity index (χ3v) is 5.50. The van der Waals surface area contributed by atoms with E-state index in [-0.39, 0.29) is 5.91 Å². The lowest BCUT2D eigenvalue weighted by Crippen LogP contribution is -2.47. The van der Waals surface area contributed by atoms with Gasteiger partial charge in [-0.15, -0.1) is 5.10 Å². The van der Waals surface area contributed by atoms with Crippen LogP contribution in [0.1, 0.15) is 24.7 Å². The molecule has 1 aliphatic rings. The number of benzene rings is 1. The lowest BCUT2D eigenvalue weighted by molar-refractivity contribution is -0.130. The Morgan fingerprint density at radius 3 is 2.69 bits per heavy atom. The normalized spacial score (nSPS) is 19.1. The summed E-state index contributed by atoms with van der Waals surface area (Å²) in [6, 6.07) is 7.71. The molecule has 0 aliphatic carbocycles. The van der Waals surface area contributed by atoms with Crippen LogP contribution < -0.4 is 4.74 Å². The molecule has 1 amide bonds. The van der Waals surface area contributed by atoms with Gasteiger partial charge < -0.3 is 14.4 Å². The van der Waals surface area contributed by atoms with Crippen molar-refractivity contribution in [2.75, 3.05) is 47.5 Å². The molecule has 29 heavy (non-hydrogen) atoms. The maximum absolute atomic E-state index is 13.0. The minimum Gasteiger partial charge on any atom is -0.494 e. The highest BCUT2D eigenvalue weighted by Gasteiger charge is 2.47. The molecule has 3 rings (SSSR count). The smallest absolute Gasteiger partial charge is 0.227 e. The number of nitrogens with zero attached hydrogens (tertiary/aromatic N) is 6. The number of tetrazole rings is 1. The van der Waals surface area contributed by atoms with E-state index in [9.17, 15) is 4.79 Å². The van der Waals surface area contributed by atoms with Crippen molar-refractivity contribution < 1.29 is 14.3 Å². The first kappa shape index (κ1) is 21.2. The number of methoxy groups -OCH3 is 1. The predicted octanol–water partition coefficient (Wildman–Crippen LogP) is 0.950. The number of ether oxygens (including phenoxy) is 2. The minimum atomic E-state index is -0.411. The van der Waals surface area contributed by atoms with Crippen LogP contribution in [0.4, 0.5) is 0 Å². The molecule has 1 aromatic heterocycles. The Balaban J connectivity index is 1.72. The zero-order chi connectivity index (χ0) is 20.9. The van der Waals surface area contributed by atoms with Crippen molar-refractivity contribution in [1.82, 2.24) is 30.0 Å². The Labute approximate surface area is 171 Å². The molecule has 1 aromatic carbocycles. The minimum absolute atomic E-state index is 0.105. The number of carbonyl (C=O) groups is 1. The average Bonchev–Trinajstić information content (AvgIpc) is 3.36. The van der Waals surface area contributed by atoms with Crippen LogP contribution in [0.25, 0.3) is 0 Å². The van der Waals surface area contributed by atoms with Crippen molar-refractivity contribution in [3.05, 3.63) is 35.7 Å². The Bertz CT molecular complexity index is 807. The van der Waals surface area contributed by atoms with E-state index in [0.29, 0.717) is 39.3 Å². The van der Waals surface area contributed by atoms with Gasteiger partial charge in [-0.2, -0.15) is 0 Å². The molecule has 0 N–H and O–H groups in total. The van der Waals surface area contributed by atoms with Crippen molar-refractivity contribution >= 4 is 5.91 Å². The van der Waals surface area contributed by atoms with Gasteiger partial charge in [-0.1, -0.05) is 12.1 Å². The van der Waals surface area contributed by atoms with E-state index in [1.807, 2.05) is 50.2 Å². The summed E-state index contributed by atoms with van der Waals surface area (Å²) in [4.78, 5) is 17.0. The van der Waals surface area contributed by atoms with Crippen LogP contribution in [-0.2, 0) is 28.0 Å². The number of hydrogen-bond acceptors (Lipinski definition) is 7. The van der Waals surface area contributed by atoms with Gasteiger partial charge in [-0.25, -0.2) is 4.68 Å². The zero-order valence-corrected chi connectivity index (χ0v) is 17.7. The van der Waals surface area contributed by atoms with Crippen molar-refractivity contribution in [3.8, 4) is 5.75 Å². The molecule has 1 fully saturated rings. The second-order valence-electron chi connectivity index (χ2n) is 7.46. The summed E-state index contributed by atoms with van der Waals surface area (Å²) in [6.07, 6.45) is 1.15. The fourth-order valence-electron chi connectivity index (χ4n) is 3.78. The number of amides is 1. The molecule has 158 valence electrons. The van der Waals surface area contributed by atoms with Crippen LogP contribution in [-0.4, -0.2) is 83.4 Å². The quantitative estimate of drug-likeness (QED) is 0.617. The first-order valence-corrected chi connectivity index (χ1v) is 9.92. The van der Waals surface area contributed by atoms with Crippen molar-refractivity contribution in [3.63, 3.8) is 0 Å². The molecule has 9 nitrogen and oxygen atoms in total. The van der Waals surface area contributed by atoms with Crippen LogP contribution in [0.15, 0.2) is 24.3 Å². The maximum atomic E-state index is 13.0. The van der Waals surface area contributed by atoms with Crippen LogP contribution in [0.2, 0.25) is 0 Å². The third-order valence-electron chi connectivity index (χ3n) is 5.50. The summed E-state index contributed by atoms with van der Waals surface area (Å²) in [5.41, 5.74) is 0.567.